The molecule has 6 heteroatoms. The van der Waals surface area contributed by atoms with Crippen molar-refractivity contribution in [3.63, 3.8) is 0 Å². The molecule has 0 unspecified atom stereocenters. The fourth-order valence-electron chi connectivity index (χ4n) is 1.35. The van der Waals surface area contributed by atoms with Gasteiger partial charge < -0.3 is 4.74 Å². The number of nitrogens with one attached hydrogen (secondary N) is 1. The second-order valence-electron chi connectivity index (χ2n) is 3.42. The molecule has 0 aliphatic rings. The van der Waals surface area contributed by atoms with E-state index in [-0.39, 0.29) is 0 Å². The van der Waals surface area contributed by atoms with E-state index in [0.717, 1.165) is 6.42 Å². The van der Waals surface area contributed by atoms with Crippen molar-refractivity contribution in [2.24, 2.45) is 4.99 Å². The summed E-state index contributed by atoms with van der Waals surface area (Å²) in [6.45, 7) is 0.605. The average molecular weight is 263 g/mol. The Balaban J connectivity index is 1.81. The lowest BCUT2D eigenvalue weighted by Crippen LogP contribution is -2.02. The van der Waals surface area contributed by atoms with Crippen LogP contribution in [0.3, 0.4) is 0 Å². The third-order valence-corrected chi connectivity index (χ3v) is 3.11. The van der Waals surface area contributed by atoms with Crippen LogP contribution in [0.4, 0.5) is 5.69 Å². The molecule has 0 fully saturated rings. The molecule has 2 aromatic heterocycles. The Kier molecular flexibility index (Phi) is 4.68. The van der Waals surface area contributed by atoms with Crippen LogP contribution in [0.15, 0.2) is 40.8 Å². The van der Waals surface area contributed by atoms with Crippen molar-refractivity contribution in [1.82, 2.24) is 10.5 Å². The summed E-state index contributed by atoms with van der Waals surface area (Å²) in [5.41, 5.74) is 2.47. The van der Waals surface area contributed by atoms with E-state index in [0.29, 0.717) is 18.2 Å². The van der Waals surface area contributed by atoms with Crippen LogP contribution in [0.1, 0.15) is 4.88 Å². The molecule has 2 rings (SSSR count). The van der Waals surface area contributed by atoms with Crippen molar-refractivity contribution < 1.29 is 9.94 Å². The Labute approximate surface area is 109 Å². The zero-order valence-electron chi connectivity index (χ0n) is 9.61. The summed E-state index contributed by atoms with van der Waals surface area (Å²) < 4.78 is 5.52. The number of aliphatic imine (C=N–C) groups is 1. The molecule has 0 aliphatic carbocycles. The highest BCUT2D eigenvalue weighted by Gasteiger charge is 1.97. The van der Waals surface area contributed by atoms with E-state index in [9.17, 15) is 0 Å². The predicted octanol–water partition coefficient (Wildman–Crippen LogP) is 2.40. The van der Waals surface area contributed by atoms with E-state index in [2.05, 4.69) is 21.4 Å². The maximum Gasteiger partial charge on any atom is 0.213 e. The van der Waals surface area contributed by atoms with E-state index in [4.69, 9.17) is 9.94 Å². The molecule has 0 aliphatic heterocycles. The number of hydrogen-bond acceptors (Lipinski definition) is 5. The molecular weight excluding hydrogens is 250 g/mol. The first-order valence-corrected chi connectivity index (χ1v) is 6.30. The molecule has 5 nitrogen and oxygen atoms in total. The summed E-state index contributed by atoms with van der Waals surface area (Å²) in [6.07, 6.45) is 3.64. The third kappa shape index (κ3) is 3.83. The van der Waals surface area contributed by atoms with Gasteiger partial charge in [-0.25, -0.2) is 9.98 Å². The Hall–Kier alpha value is -1.92. The summed E-state index contributed by atoms with van der Waals surface area (Å²) in [5.74, 6) is 0.572. The van der Waals surface area contributed by atoms with Gasteiger partial charge >= 0.3 is 0 Å². The molecule has 18 heavy (non-hydrogen) atoms. The zero-order chi connectivity index (χ0) is 12.6. The van der Waals surface area contributed by atoms with Gasteiger partial charge in [-0.15, -0.1) is 11.3 Å². The molecule has 0 amide bonds. The first-order valence-electron chi connectivity index (χ1n) is 5.42. The molecule has 0 saturated heterocycles. The van der Waals surface area contributed by atoms with Crippen LogP contribution >= 0.6 is 11.3 Å². The van der Waals surface area contributed by atoms with Crippen LogP contribution in [0.2, 0.25) is 0 Å². The lowest BCUT2D eigenvalue weighted by molar-refractivity contribution is 0.240. The van der Waals surface area contributed by atoms with Crippen LogP contribution in [-0.2, 0) is 6.42 Å². The number of thiophene rings is 1. The van der Waals surface area contributed by atoms with Crippen LogP contribution in [0.5, 0.6) is 5.88 Å². The van der Waals surface area contributed by atoms with E-state index >= 15 is 0 Å². The highest BCUT2D eigenvalue weighted by molar-refractivity contribution is 7.09. The van der Waals surface area contributed by atoms with Crippen molar-refractivity contribution in [2.45, 2.75) is 6.42 Å². The maximum absolute atomic E-state index is 8.35. The predicted molar refractivity (Wildman–Crippen MR) is 70.8 cm³/mol. The van der Waals surface area contributed by atoms with Crippen molar-refractivity contribution in [2.75, 3.05) is 6.61 Å². The summed E-state index contributed by atoms with van der Waals surface area (Å²) in [5, 5.41) is 10.4. The first-order chi connectivity index (χ1) is 8.88. The molecule has 0 bridgehead atoms. The Bertz CT molecular complexity index is 483. The monoisotopic (exact) mass is 263 g/mol. The number of rotatable bonds is 6. The maximum atomic E-state index is 8.35. The minimum absolute atomic E-state index is 0.572. The molecular formula is C12H13N3O2S. The van der Waals surface area contributed by atoms with E-state index in [1.807, 2.05) is 11.5 Å². The van der Waals surface area contributed by atoms with Gasteiger partial charge in [0.05, 0.1) is 18.5 Å². The molecule has 0 spiro atoms. The van der Waals surface area contributed by atoms with Crippen molar-refractivity contribution >= 4 is 23.4 Å². The second-order valence-corrected chi connectivity index (χ2v) is 4.45. The SMILES string of the molecule is ONC=Nc1ccc(OCCc2cccs2)nc1. The minimum Gasteiger partial charge on any atom is -0.477 e. The topological polar surface area (TPSA) is 66.7 Å². The van der Waals surface area contributed by atoms with Gasteiger partial charge in [-0.2, -0.15) is 0 Å². The molecule has 2 aromatic rings. The number of pyridine rings is 1. The number of nitrogens with zero attached hydrogens (tertiary/aromatic N) is 2. The molecule has 2 N–H and O–H groups in total. The number of aromatic nitrogens is 1. The molecule has 0 radical (unpaired) electrons. The summed E-state index contributed by atoms with van der Waals surface area (Å²) >= 11 is 1.72. The third-order valence-electron chi connectivity index (χ3n) is 2.17. The van der Waals surface area contributed by atoms with Crippen molar-refractivity contribution in [3.8, 4) is 5.88 Å². The van der Waals surface area contributed by atoms with Gasteiger partial charge in [0, 0.05) is 17.4 Å². The van der Waals surface area contributed by atoms with Gasteiger partial charge in [0.1, 0.15) is 6.34 Å². The zero-order valence-corrected chi connectivity index (χ0v) is 10.4. The van der Waals surface area contributed by atoms with Gasteiger partial charge in [-0.05, 0) is 17.5 Å². The number of hydrogen-bond donors (Lipinski definition) is 2. The fourth-order valence-corrected chi connectivity index (χ4v) is 2.04. The van der Waals surface area contributed by atoms with Crippen LogP contribution in [0.25, 0.3) is 0 Å². The number of ether oxygens (including phenoxy) is 1. The van der Waals surface area contributed by atoms with E-state index in [1.165, 1.54) is 11.2 Å². The highest BCUT2D eigenvalue weighted by Crippen LogP contribution is 2.15. The molecule has 0 atom stereocenters. The first kappa shape index (κ1) is 12.5. The Morgan fingerprint density at radius 3 is 3.06 bits per heavy atom. The van der Waals surface area contributed by atoms with E-state index in [1.54, 1.807) is 29.7 Å². The Morgan fingerprint density at radius 2 is 2.39 bits per heavy atom. The lowest BCUT2D eigenvalue weighted by Gasteiger charge is -2.03. The summed E-state index contributed by atoms with van der Waals surface area (Å²) in [4.78, 5) is 9.29. The van der Waals surface area contributed by atoms with Gasteiger partial charge in [0.15, 0.2) is 0 Å². The summed E-state index contributed by atoms with van der Waals surface area (Å²) in [7, 11) is 0. The molecule has 0 saturated carbocycles. The highest BCUT2D eigenvalue weighted by atomic mass is 32.1. The van der Waals surface area contributed by atoms with E-state index < -0.39 is 0 Å². The molecule has 0 aromatic carbocycles. The quantitative estimate of drug-likeness (QED) is 0.477. The van der Waals surface area contributed by atoms with Crippen LogP contribution in [-0.4, -0.2) is 23.1 Å². The van der Waals surface area contributed by atoms with Crippen LogP contribution < -0.4 is 10.2 Å². The molecule has 94 valence electrons. The van der Waals surface area contributed by atoms with Crippen molar-refractivity contribution in [3.05, 3.63) is 40.7 Å². The van der Waals surface area contributed by atoms with Gasteiger partial charge in [0.2, 0.25) is 5.88 Å². The minimum atomic E-state index is 0.572. The van der Waals surface area contributed by atoms with Gasteiger partial charge in [0.25, 0.3) is 0 Å². The summed E-state index contributed by atoms with van der Waals surface area (Å²) in [6, 6.07) is 7.63. The average Bonchev–Trinajstić information content (AvgIpc) is 2.91. The second kappa shape index (κ2) is 6.73. The fraction of sp³-hybridized carbons (Fsp3) is 0.167. The van der Waals surface area contributed by atoms with Gasteiger partial charge in [-0.1, -0.05) is 6.07 Å². The number of hydroxylamine groups is 1. The van der Waals surface area contributed by atoms with Gasteiger partial charge in [-0.3, -0.25) is 10.7 Å². The molecule has 2 heterocycles. The smallest absolute Gasteiger partial charge is 0.213 e. The van der Waals surface area contributed by atoms with Crippen molar-refractivity contribution in [1.29, 1.82) is 0 Å². The lowest BCUT2D eigenvalue weighted by atomic mass is 10.4. The van der Waals surface area contributed by atoms with Crippen LogP contribution in [0, 0.1) is 0 Å². The standard InChI is InChI=1S/C12H13N3O2S/c16-15-9-14-10-3-4-12(13-8-10)17-6-5-11-2-1-7-18-11/h1-4,7-9,16H,5-6H2,(H,14,15). The largest absolute Gasteiger partial charge is 0.477 e. The Morgan fingerprint density at radius 1 is 1.44 bits per heavy atom. The normalized spacial score (nSPS) is 10.7.